The Hall–Kier alpha value is -1.83. The normalized spacial score (nSPS) is 42.0. The van der Waals surface area contributed by atoms with Crippen molar-refractivity contribution in [2.45, 2.75) is 119 Å². The molecule has 3 aliphatic rings. The molecule has 0 aromatic heterocycles. The maximum absolute atomic E-state index is 12.4. The fourth-order valence-corrected chi connectivity index (χ4v) is 5.08. The lowest BCUT2D eigenvalue weighted by Gasteiger charge is -2.48. The summed E-state index contributed by atoms with van der Waals surface area (Å²) in [6, 6.07) is -1.44. The van der Waals surface area contributed by atoms with Crippen LogP contribution in [-0.2, 0) is 38.0 Å². The van der Waals surface area contributed by atoms with E-state index in [0.29, 0.717) is 0 Å². The number of amides is 2. The van der Waals surface area contributed by atoms with E-state index in [4.69, 9.17) is 28.4 Å². The van der Waals surface area contributed by atoms with E-state index >= 15 is 0 Å². The van der Waals surface area contributed by atoms with Gasteiger partial charge in [0.15, 0.2) is 18.9 Å². The van der Waals surface area contributed by atoms with Crippen LogP contribution in [0.2, 0.25) is 0 Å². The van der Waals surface area contributed by atoms with Gasteiger partial charge in [0.1, 0.15) is 67.1 Å². The second kappa shape index (κ2) is 16.5. The summed E-state index contributed by atoms with van der Waals surface area (Å²) in [5.74, 6) is -2.82. The van der Waals surface area contributed by atoms with Gasteiger partial charge in [-0.1, -0.05) is 0 Å². The van der Waals surface area contributed by atoms with E-state index in [1.807, 2.05) is 0 Å². The Balaban J connectivity index is 1.70. The van der Waals surface area contributed by atoms with Gasteiger partial charge in [0.25, 0.3) is 0 Å². The fourth-order valence-electron chi connectivity index (χ4n) is 5.08. The number of alkyl halides is 3. The van der Waals surface area contributed by atoms with Crippen LogP contribution >= 0.6 is 0 Å². The van der Waals surface area contributed by atoms with E-state index in [1.165, 1.54) is 6.92 Å². The van der Waals surface area contributed by atoms with Crippen LogP contribution < -0.4 is 10.6 Å². The summed E-state index contributed by atoms with van der Waals surface area (Å²) in [6.07, 6.45) is -28.0. The Morgan fingerprint density at radius 2 is 1.35 bits per heavy atom. The van der Waals surface area contributed by atoms with Gasteiger partial charge >= 0.3 is 12.1 Å². The Labute approximate surface area is 259 Å². The van der Waals surface area contributed by atoms with Crippen LogP contribution in [0.25, 0.3) is 0 Å². The van der Waals surface area contributed by atoms with Gasteiger partial charge in [-0.2, -0.15) is 13.2 Å². The van der Waals surface area contributed by atoms with E-state index in [-0.39, 0.29) is 13.0 Å². The van der Waals surface area contributed by atoms with Crippen molar-refractivity contribution in [1.82, 2.24) is 10.6 Å². The number of hydrogen-bond donors (Lipinski definition) is 10. The number of rotatable bonds is 12. The predicted octanol–water partition coefficient (Wildman–Crippen LogP) is -5.31. The first-order valence-electron chi connectivity index (χ1n) is 14.3. The average molecular weight is 683 g/mol. The minimum atomic E-state index is -5.08. The topological polar surface area (TPSA) is 275 Å². The second-order valence-electron chi connectivity index (χ2n) is 11.0. The van der Waals surface area contributed by atoms with Crippen LogP contribution in [0.3, 0.4) is 0 Å². The summed E-state index contributed by atoms with van der Waals surface area (Å²) in [5.41, 5.74) is 0. The molecule has 3 aliphatic heterocycles. The molecule has 0 radical (unpaired) electrons. The molecule has 18 nitrogen and oxygen atoms in total. The number of halogens is 3. The molecule has 2 amide bonds. The first-order chi connectivity index (χ1) is 21.5. The van der Waals surface area contributed by atoms with Crippen LogP contribution in [0.4, 0.5) is 13.2 Å². The summed E-state index contributed by atoms with van der Waals surface area (Å²) in [7, 11) is 0. The third kappa shape index (κ3) is 9.19. The first kappa shape index (κ1) is 38.6. The van der Waals surface area contributed by atoms with Gasteiger partial charge in [-0.25, -0.2) is 0 Å². The molecular weight excluding hydrogens is 641 g/mol. The fraction of sp³-hybridized carbons (Fsp3) is 0.920. The highest BCUT2D eigenvalue weighted by Gasteiger charge is 2.53. The van der Waals surface area contributed by atoms with Gasteiger partial charge in [-0.05, 0) is 13.3 Å². The summed E-state index contributed by atoms with van der Waals surface area (Å²) >= 11 is 0. The van der Waals surface area contributed by atoms with Crippen molar-refractivity contribution in [3.05, 3.63) is 0 Å². The summed E-state index contributed by atoms with van der Waals surface area (Å²) in [4.78, 5) is 22.7. The predicted molar refractivity (Wildman–Crippen MR) is 139 cm³/mol. The number of nitrogens with one attached hydrogen (secondary N) is 2. The maximum Gasteiger partial charge on any atom is 0.471 e. The zero-order chi connectivity index (χ0) is 34.5. The van der Waals surface area contributed by atoms with Crippen LogP contribution in [0.15, 0.2) is 0 Å². The molecule has 46 heavy (non-hydrogen) atoms. The number of ether oxygens (including phenoxy) is 6. The molecule has 268 valence electrons. The third-order valence-corrected chi connectivity index (χ3v) is 7.58. The molecule has 3 saturated heterocycles. The quantitative estimate of drug-likeness (QED) is 0.0861. The van der Waals surface area contributed by atoms with E-state index in [1.54, 1.807) is 5.32 Å². The zero-order valence-electron chi connectivity index (χ0n) is 24.7. The first-order valence-corrected chi connectivity index (χ1v) is 14.3. The molecule has 3 rings (SSSR count). The van der Waals surface area contributed by atoms with Gasteiger partial charge in [0.2, 0.25) is 5.91 Å². The summed E-state index contributed by atoms with van der Waals surface area (Å²) in [5, 5.41) is 87.1. The lowest BCUT2D eigenvalue weighted by Crippen LogP contribution is -2.68. The van der Waals surface area contributed by atoms with E-state index < -0.39 is 130 Å². The van der Waals surface area contributed by atoms with Gasteiger partial charge in [0, 0.05) is 13.5 Å². The number of aliphatic hydroxyl groups is 8. The van der Waals surface area contributed by atoms with Crippen LogP contribution in [0, 0.1) is 0 Å². The van der Waals surface area contributed by atoms with Crippen LogP contribution in [-0.4, -0.2) is 177 Å². The van der Waals surface area contributed by atoms with Crippen molar-refractivity contribution in [1.29, 1.82) is 0 Å². The van der Waals surface area contributed by atoms with Gasteiger partial charge in [-0.3, -0.25) is 9.59 Å². The molecule has 15 atom stereocenters. The summed E-state index contributed by atoms with van der Waals surface area (Å²) in [6.45, 7) is 0.0548. The van der Waals surface area contributed by atoms with E-state index in [2.05, 4.69) is 5.32 Å². The van der Waals surface area contributed by atoms with Gasteiger partial charge in [-0.15, -0.1) is 0 Å². The highest BCUT2D eigenvalue weighted by atomic mass is 19.4. The van der Waals surface area contributed by atoms with Crippen molar-refractivity contribution >= 4 is 11.8 Å². The van der Waals surface area contributed by atoms with Gasteiger partial charge < -0.3 is 79.9 Å². The molecule has 0 aromatic rings. The minimum absolute atomic E-state index is 0.139. The highest BCUT2D eigenvalue weighted by Crippen LogP contribution is 2.32. The lowest BCUT2D eigenvalue weighted by atomic mass is 9.95. The molecule has 0 spiro atoms. The molecule has 0 bridgehead atoms. The zero-order valence-corrected chi connectivity index (χ0v) is 24.7. The van der Waals surface area contributed by atoms with Crippen molar-refractivity contribution in [2.24, 2.45) is 0 Å². The van der Waals surface area contributed by atoms with Crippen molar-refractivity contribution in [2.75, 3.05) is 26.4 Å². The van der Waals surface area contributed by atoms with Crippen molar-refractivity contribution in [3.8, 4) is 0 Å². The van der Waals surface area contributed by atoms with Gasteiger partial charge in [0.05, 0.1) is 25.9 Å². The molecule has 21 heteroatoms. The second-order valence-corrected chi connectivity index (χ2v) is 11.0. The van der Waals surface area contributed by atoms with E-state index in [9.17, 15) is 63.6 Å². The number of carbonyl (C=O) groups is 2. The van der Waals surface area contributed by atoms with E-state index in [0.717, 1.165) is 6.92 Å². The number of carbonyl (C=O) groups excluding carboxylic acids is 2. The van der Waals surface area contributed by atoms with Crippen LogP contribution in [0.5, 0.6) is 0 Å². The Kier molecular flexibility index (Phi) is 13.9. The molecule has 3 heterocycles. The lowest BCUT2D eigenvalue weighted by molar-refractivity contribution is -0.378. The Bertz CT molecular complexity index is 997. The molecule has 0 unspecified atom stereocenters. The minimum Gasteiger partial charge on any atom is -0.394 e. The Morgan fingerprint density at radius 1 is 0.761 bits per heavy atom. The summed E-state index contributed by atoms with van der Waals surface area (Å²) < 4.78 is 70.5. The Morgan fingerprint density at radius 3 is 1.93 bits per heavy atom. The monoisotopic (exact) mass is 682 g/mol. The molecule has 0 aliphatic carbocycles. The van der Waals surface area contributed by atoms with Crippen LogP contribution in [0.1, 0.15) is 20.3 Å². The molecule has 0 aromatic carbocycles. The standard InChI is InChI=1S/C25H41F3N2O16/c1-8-13(34)16(37)20(23(42-8)41-5-3-4-29-24(40)25(26,27)28)46-22-18(39)17(38)19(11(7-32)44-22)45-21-12(30-9(2)33)15(36)14(35)10(6-31)43-21/h8,10-23,31-32,34-39H,3-7H2,1-2H3,(H,29,40)(H,30,33)/t8-,10+,11+,12-,13-,14+,15+,16+,17+,18+,19+,20+,21-,22+,23-/m0/s1. The SMILES string of the molecule is CC(=O)N[C@@H]1[C@H](O[C@H]2[C@H](O)[C@@H](O)[C@@H](O[C@H]3[C@@H](OCCCNC(=O)C(F)(F)F)O[C@@H](C)[C@H](O)[C@H]3O)O[C@@H]2CO)O[C@H](CO)[C@@H](O)[C@@H]1O. The highest BCUT2D eigenvalue weighted by molar-refractivity contribution is 5.81. The maximum atomic E-state index is 12.4. The third-order valence-electron chi connectivity index (χ3n) is 7.58. The van der Waals surface area contributed by atoms with Crippen molar-refractivity contribution < 1.29 is 92.0 Å². The molecule has 0 saturated carbocycles. The average Bonchev–Trinajstić information content (AvgIpc) is 2.99. The molecule has 10 N–H and O–H groups in total. The number of aliphatic hydroxyl groups excluding tert-OH is 8. The smallest absolute Gasteiger partial charge is 0.394 e. The molecular formula is C25H41F3N2O16. The number of hydrogen-bond acceptors (Lipinski definition) is 16. The largest absolute Gasteiger partial charge is 0.471 e. The molecule has 3 fully saturated rings. The van der Waals surface area contributed by atoms with Crippen molar-refractivity contribution in [3.63, 3.8) is 0 Å².